The molecular weight excluding hydrogens is 443 g/mol. The molecule has 3 aromatic carbocycles. The van der Waals surface area contributed by atoms with E-state index in [1.807, 2.05) is 0 Å². The topological polar surface area (TPSA) is 24.7 Å². The number of rotatable bonds is 8. The van der Waals surface area contributed by atoms with Crippen LogP contribution in [0.2, 0.25) is 0 Å². The van der Waals surface area contributed by atoms with E-state index in [-0.39, 0.29) is 18.9 Å². The summed E-state index contributed by atoms with van der Waals surface area (Å²) in [4.78, 5) is 10.4. The Balaban J connectivity index is 0.00000481. The van der Waals surface area contributed by atoms with E-state index in [1.165, 1.54) is 22.3 Å². The second-order valence-electron chi connectivity index (χ2n) is 11.1. The number of hydrogen-bond acceptors (Lipinski definition) is 2. The summed E-state index contributed by atoms with van der Waals surface area (Å²) in [5, 5.41) is 0. The van der Waals surface area contributed by atoms with Crippen molar-refractivity contribution in [2.45, 2.75) is 92.9 Å². The van der Waals surface area contributed by atoms with E-state index in [0.717, 1.165) is 33.9 Å². The van der Waals surface area contributed by atoms with Crippen molar-refractivity contribution in [3.8, 4) is 0 Å². The van der Waals surface area contributed by atoms with Gasteiger partial charge in [-0.1, -0.05) is 91.8 Å². The summed E-state index contributed by atoms with van der Waals surface area (Å²) in [6.45, 7) is 22.1. The quantitative estimate of drug-likeness (QED) is 0.182. The van der Waals surface area contributed by atoms with Crippen LogP contribution < -0.4 is 18.9 Å². The van der Waals surface area contributed by atoms with Gasteiger partial charge in [0.05, 0.1) is 11.4 Å². The van der Waals surface area contributed by atoms with E-state index in [4.69, 9.17) is 9.98 Å². The molecule has 0 atom stereocenters. The maximum Gasteiger partial charge on any atom is 1.00 e. The van der Waals surface area contributed by atoms with Gasteiger partial charge in [0, 0.05) is 0 Å². The van der Waals surface area contributed by atoms with Gasteiger partial charge in [-0.05, 0) is 71.2 Å². The summed E-state index contributed by atoms with van der Waals surface area (Å²) >= 11 is 0. The molecule has 0 spiro atoms. The molecular formula is C34H43LiN2. The van der Waals surface area contributed by atoms with E-state index >= 15 is 0 Å². The Kier molecular flexibility index (Phi) is 11.2. The van der Waals surface area contributed by atoms with Gasteiger partial charge in [-0.15, -0.1) is 35.4 Å². The molecule has 0 amide bonds. The Morgan fingerprint density at radius 3 is 1.05 bits per heavy atom. The fourth-order valence-corrected chi connectivity index (χ4v) is 4.63. The van der Waals surface area contributed by atoms with Crippen molar-refractivity contribution in [3.63, 3.8) is 0 Å². The zero-order valence-corrected chi connectivity index (χ0v) is 24.9. The van der Waals surface area contributed by atoms with Crippen molar-refractivity contribution in [3.05, 3.63) is 94.0 Å². The third-order valence-corrected chi connectivity index (χ3v) is 6.82. The second kappa shape index (κ2) is 13.4. The van der Waals surface area contributed by atoms with Crippen LogP contribution in [0, 0.1) is 6.07 Å². The SMILES string of the molecule is CC(=Nc1c(C(C)C)cccc1C(C)C)c1[c-]c(C(C)=Nc2c(C(C)C)cccc2C(C)C)ccc1.[Li+]. The summed E-state index contributed by atoms with van der Waals surface area (Å²) < 4.78 is 0. The van der Waals surface area contributed by atoms with Gasteiger partial charge < -0.3 is 0 Å². The largest absolute Gasteiger partial charge is 1.00 e. The van der Waals surface area contributed by atoms with Crippen molar-refractivity contribution in [1.29, 1.82) is 0 Å². The molecule has 0 N–H and O–H groups in total. The van der Waals surface area contributed by atoms with Crippen molar-refractivity contribution < 1.29 is 18.9 Å². The summed E-state index contributed by atoms with van der Waals surface area (Å²) in [6.07, 6.45) is 0. The van der Waals surface area contributed by atoms with E-state index < -0.39 is 0 Å². The van der Waals surface area contributed by atoms with Gasteiger partial charge in [-0.3, -0.25) is 9.98 Å². The van der Waals surface area contributed by atoms with E-state index in [9.17, 15) is 0 Å². The third-order valence-electron chi connectivity index (χ3n) is 6.82. The van der Waals surface area contributed by atoms with Gasteiger partial charge >= 0.3 is 18.9 Å². The molecule has 37 heavy (non-hydrogen) atoms. The second-order valence-corrected chi connectivity index (χ2v) is 11.1. The number of aliphatic imine (C=N–C) groups is 2. The monoisotopic (exact) mass is 486 g/mol. The molecule has 3 rings (SSSR count). The van der Waals surface area contributed by atoms with Crippen LogP contribution >= 0.6 is 0 Å². The van der Waals surface area contributed by atoms with Gasteiger partial charge in [0.1, 0.15) is 0 Å². The van der Waals surface area contributed by atoms with Crippen LogP contribution in [0.3, 0.4) is 0 Å². The summed E-state index contributed by atoms with van der Waals surface area (Å²) in [5.41, 5.74) is 11.4. The van der Waals surface area contributed by atoms with Crippen LogP contribution in [0.4, 0.5) is 11.4 Å². The van der Waals surface area contributed by atoms with Crippen LogP contribution in [-0.4, -0.2) is 11.4 Å². The Morgan fingerprint density at radius 2 is 0.784 bits per heavy atom. The first kappa shape index (κ1) is 30.8. The van der Waals surface area contributed by atoms with Gasteiger partial charge in [-0.25, -0.2) is 0 Å². The van der Waals surface area contributed by atoms with E-state index in [1.54, 1.807) is 0 Å². The molecule has 3 heteroatoms. The molecule has 0 aliphatic rings. The normalized spacial score (nSPS) is 12.6. The maximum atomic E-state index is 5.18. The minimum absolute atomic E-state index is 0. The van der Waals surface area contributed by atoms with Gasteiger partial charge in [0.15, 0.2) is 0 Å². The van der Waals surface area contributed by atoms with Crippen LogP contribution in [0.15, 0.2) is 64.6 Å². The fraction of sp³-hybridized carbons (Fsp3) is 0.412. The Bertz CT molecular complexity index is 1120. The summed E-state index contributed by atoms with van der Waals surface area (Å²) in [7, 11) is 0. The smallest absolute Gasteiger partial charge is 0.291 e. The first-order valence-electron chi connectivity index (χ1n) is 13.4. The molecule has 0 heterocycles. The number of benzene rings is 3. The molecule has 0 aliphatic carbocycles. The first-order chi connectivity index (χ1) is 17.0. The molecule has 3 aromatic rings. The van der Waals surface area contributed by atoms with Gasteiger partial charge in [0.25, 0.3) is 0 Å². The van der Waals surface area contributed by atoms with Crippen molar-refractivity contribution in [1.82, 2.24) is 0 Å². The average molecular weight is 487 g/mol. The van der Waals surface area contributed by atoms with Gasteiger partial charge in [0.2, 0.25) is 0 Å². The van der Waals surface area contributed by atoms with E-state index in [2.05, 4.69) is 130 Å². The molecule has 0 aliphatic heterocycles. The molecule has 0 fully saturated rings. The van der Waals surface area contributed by atoms with Gasteiger partial charge in [-0.2, -0.15) is 0 Å². The van der Waals surface area contributed by atoms with Crippen LogP contribution in [-0.2, 0) is 0 Å². The van der Waals surface area contributed by atoms with Crippen LogP contribution in [0.1, 0.15) is 126 Å². The molecule has 2 nitrogen and oxygen atoms in total. The molecule has 190 valence electrons. The molecule has 0 bridgehead atoms. The zero-order chi connectivity index (χ0) is 26.6. The number of nitrogens with zero attached hydrogens (tertiary/aromatic N) is 2. The maximum absolute atomic E-state index is 5.18. The third kappa shape index (κ3) is 7.34. The Hall–Kier alpha value is -2.40. The standard InChI is InChI=1S/C34H43N2.Li/c1-21(2)29-16-12-17-30(22(3)4)33(29)35-25(9)27-14-11-15-28(20-27)26(10)36-34-31(23(5)6)18-13-19-32(34)24(7)8;/h11-19,21-24H,1-10H3;/q-1;+1. The summed E-state index contributed by atoms with van der Waals surface area (Å²) in [6, 6.07) is 23.1. The molecule has 0 saturated heterocycles. The van der Waals surface area contributed by atoms with E-state index in [0.29, 0.717) is 23.7 Å². The summed E-state index contributed by atoms with van der Waals surface area (Å²) in [5.74, 6) is 1.65. The molecule has 0 aromatic heterocycles. The van der Waals surface area contributed by atoms with Crippen molar-refractivity contribution in [2.24, 2.45) is 9.98 Å². The zero-order valence-electron chi connectivity index (χ0n) is 24.9. The minimum atomic E-state index is 0. The van der Waals surface area contributed by atoms with Crippen molar-refractivity contribution in [2.75, 3.05) is 0 Å². The number of hydrogen-bond donors (Lipinski definition) is 0. The Labute approximate surface area is 237 Å². The minimum Gasteiger partial charge on any atom is -0.291 e. The van der Waals surface area contributed by atoms with Crippen LogP contribution in [0.25, 0.3) is 0 Å². The average Bonchev–Trinajstić information content (AvgIpc) is 2.83. The fourth-order valence-electron chi connectivity index (χ4n) is 4.63. The number of para-hydroxylation sites is 2. The molecule has 0 saturated carbocycles. The van der Waals surface area contributed by atoms with Crippen molar-refractivity contribution >= 4 is 22.8 Å². The Morgan fingerprint density at radius 1 is 0.514 bits per heavy atom. The molecule has 0 unspecified atom stereocenters. The molecule has 0 radical (unpaired) electrons. The van der Waals surface area contributed by atoms with Crippen LogP contribution in [0.5, 0.6) is 0 Å². The first-order valence-corrected chi connectivity index (χ1v) is 13.4. The predicted molar refractivity (Wildman–Crippen MR) is 158 cm³/mol. The predicted octanol–water partition coefficient (Wildman–Crippen LogP) is 7.27.